The van der Waals surface area contributed by atoms with Gasteiger partial charge < -0.3 is 15.2 Å². The fourth-order valence-electron chi connectivity index (χ4n) is 2.30. The molecule has 0 bridgehead atoms. The first-order chi connectivity index (χ1) is 9.10. The summed E-state index contributed by atoms with van der Waals surface area (Å²) in [7, 11) is 1.64. The van der Waals surface area contributed by atoms with Crippen LogP contribution in [0.1, 0.15) is 31.7 Å². The normalized spacial score (nSPS) is 16.8. The Labute approximate surface area is 120 Å². The molecule has 0 aliphatic heterocycles. The summed E-state index contributed by atoms with van der Waals surface area (Å²) in [5.74, 6) is 2.18. The Morgan fingerprint density at radius 3 is 2.68 bits per heavy atom. The molecule has 0 radical (unpaired) electrons. The van der Waals surface area contributed by atoms with Crippen LogP contribution in [0.5, 0.6) is 11.5 Å². The highest BCUT2D eigenvalue weighted by Gasteiger charge is 2.20. The fourth-order valence-corrected chi connectivity index (χ4v) is 2.53. The molecule has 1 aliphatic carbocycles. The number of ether oxygens (including phenoxy) is 2. The number of halogens is 1. The van der Waals surface area contributed by atoms with E-state index < -0.39 is 0 Å². The second kappa shape index (κ2) is 6.49. The summed E-state index contributed by atoms with van der Waals surface area (Å²) in [5.41, 5.74) is 6.92. The van der Waals surface area contributed by atoms with Crippen molar-refractivity contribution in [2.24, 2.45) is 11.7 Å². The minimum absolute atomic E-state index is 0.0641. The van der Waals surface area contributed by atoms with Crippen molar-refractivity contribution in [3.8, 4) is 11.5 Å². The van der Waals surface area contributed by atoms with Gasteiger partial charge in [0, 0.05) is 22.7 Å². The van der Waals surface area contributed by atoms with E-state index in [4.69, 9.17) is 26.8 Å². The zero-order chi connectivity index (χ0) is 13.8. The third-order valence-electron chi connectivity index (χ3n) is 3.55. The standard InChI is InChI=1S/C15H22ClNO2/c1-10(17)6-12-7-13(16)8-14(18-2)15(12)19-9-11-4-3-5-11/h7-8,10-11H,3-6,9,17H2,1-2H3. The number of hydrogen-bond acceptors (Lipinski definition) is 3. The lowest BCUT2D eigenvalue weighted by atomic mass is 9.86. The van der Waals surface area contributed by atoms with Crippen LogP contribution in [0.25, 0.3) is 0 Å². The fraction of sp³-hybridized carbons (Fsp3) is 0.600. The van der Waals surface area contributed by atoms with Gasteiger partial charge in [-0.25, -0.2) is 0 Å². The smallest absolute Gasteiger partial charge is 0.164 e. The Balaban J connectivity index is 2.19. The first-order valence-corrected chi connectivity index (χ1v) is 7.22. The van der Waals surface area contributed by atoms with Crippen molar-refractivity contribution in [3.63, 3.8) is 0 Å². The second-order valence-corrected chi connectivity index (χ2v) is 5.82. The molecule has 1 unspecified atom stereocenters. The third-order valence-corrected chi connectivity index (χ3v) is 3.76. The molecule has 3 nitrogen and oxygen atoms in total. The molecule has 19 heavy (non-hydrogen) atoms. The summed E-state index contributed by atoms with van der Waals surface area (Å²) >= 11 is 6.11. The van der Waals surface area contributed by atoms with E-state index in [0.717, 1.165) is 24.3 Å². The topological polar surface area (TPSA) is 44.5 Å². The Morgan fingerprint density at radius 2 is 2.16 bits per heavy atom. The van der Waals surface area contributed by atoms with E-state index in [9.17, 15) is 0 Å². The highest BCUT2D eigenvalue weighted by molar-refractivity contribution is 6.30. The molecule has 0 amide bonds. The molecule has 1 atom stereocenters. The van der Waals surface area contributed by atoms with Crippen molar-refractivity contribution in [2.45, 2.75) is 38.6 Å². The zero-order valence-corrected chi connectivity index (χ0v) is 12.4. The lowest BCUT2D eigenvalue weighted by Crippen LogP contribution is -2.21. The van der Waals surface area contributed by atoms with Gasteiger partial charge in [-0.05, 0) is 38.2 Å². The quantitative estimate of drug-likeness (QED) is 0.870. The van der Waals surface area contributed by atoms with Crippen molar-refractivity contribution in [1.29, 1.82) is 0 Å². The number of methoxy groups -OCH3 is 1. The van der Waals surface area contributed by atoms with Gasteiger partial charge in [0.05, 0.1) is 13.7 Å². The molecule has 2 N–H and O–H groups in total. The molecule has 4 heteroatoms. The maximum atomic E-state index is 6.11. The monoisotopic (exact) mass is 283 g/mol. The molecular formula is C15H22ClNO2. The molecule has 0 saturated heterocycles. The van der Waals surface area contributed by atoms with Crippen LogP contribution in [-0.2, 0) is 6.42 Å². The molecule has 2 rings (SSSR count). The van der Waals surface area contributed by atoms with Crippen LogP contribution in [-0.4, -0.2) is 19.8 Å². The molecule has 1 aromatic rings. The summed E-state index contributed by atoms with van der Waals surface area (Å²) in [4.78, 5) is 0. The van der Waals surface area contributed by atoms with Crippen LogP contribution in [0.4, 0.5) is 0 Å². The summed E-state index contributed by atoms with van der Waals surface area (Å²) in [5, 5.41) is 0.656. The van der Waals surface area contributed by atoms with E-state index >= 15 is 0 Å². The number of benzene rings is 1. The van der Waals surface area contributed by atoms with Crippen LogP contribution >= 0.6 is 11.6 Å². The van der Waals surface area contributed by atoms with E-state index in [1.54, 1.807) is 13.2 Å². The van der Waals surface area contributed by atoms with E-state index in [1.165, 1.54) is 19.3 Å². The minimum atomic E-state index is 0.0641. The first-order valence-electron chi connectivity index (χ1n) is 6.85. The number of hydrogen-bond donors (Lipinski definition) is 1. The summed E-state index contributed by atoms with van der Waals surface area (Å²) in [6.45, 7) is 2.73. The van der Waals surface area contributed by atoms with E-state index in [1.807, 2.05) is 13.0 Å². The highest BCUT2D eigenvalue weighted by atomic mass is 35.5. The van der Waals surface area contributed by atoms with Crippen molar-refractivity contribution >= 4 is 11.6 Å². The zero-order valence-electron chi connectivity index (χ0n) is 11.6. The van der Waals surface area contributed by atoms with Crippen molar-refractivity contribution in [1.82, 2.24) is 0 Å². The van der Waals surface area contributed by atoms with Gasteiger partial charge in [0.2, 0.25) is 0 Å². The summed E-state index contributed by atoms with van der Waals surface area (Å²) in [6, 6.07) is 3.78. The van der Waals surface area contributed by atoms with Gasteiger partial charge in [-0.3, -0.25) is 0 Å². The van der Waals surface area contributed by atoms with Crippen LogP contribution in [0.15, 0.2) is 12.1 Å². The van der Waals surface area contributed by atoms with Gasteiger partial charge in [-0.1, -0.05) is 18.0 Å². The molecular weight excluding hydrogens is 262 g/mol. The van der Waals surface area contributed by atoms with E-state index in [-0.39, 0.29) is 6.04 Å². The molecule has 1 aliphatic rings. The Morgan fingerprint density at radius 1 is 1.42 bits per heavy atom. The van der Waals surface area contributed by atoms with Gasteiger partial charge in [-0.15, -0.1) is 0 Å². The molecule has 0 aromatic heterocycles. The Bertz CT molecular complexity index is 430. The SMILES string of the molecule is COc1cc(Cl)cc(CC(C)N)c1OCC1CCC1. The van der Waals surface area contributed by atoms with Gasteiger partial charge in [0.1, 0.15) is 0 Å². The second-order valence-electron chi connectivity index (χ2n) is 5.39. The van der Waals surface area contributed by atoms with Crippen molar-refractivity contribution < 1.29 is 9.47 Å². The first kappa shape index (κ1) is 14.5. The van der Waals surface area contributed by atoms with Crippen LogP contribution in [0.2, 0.25) is 5.02 Å². The molecule has 1 aromatic carbocycles. The lowest BCUT2D eigenvalue weighted by molar-refractivity contribution is 0.174. The Hall–Kier alpha value is -0.930. The average Bonchev–Trinajstić information content (AvgIpc) is 2.28. The maximum Gasteiger partial charge on any atom is 0.164 e. The number of rotatable bonds is 6. The van der Waals surface area contributed by atoms with Crippen molar-refractivity contribution in [3.05, 3.63) is 22.7 Å². The van der Waals surface area contributed by atoms with Gasteiger partial charge >= 0.3 is 0 Å². The van der Waals surface area contributed by atoms with Gasteiger partial charge in [0.25, 0.3) is 0 Å². The van der Waals surface area contributed by atoms with E-state index in [2.05, 4.69) is 0 Å². The van der Waals surface area contributed by atoms with Crippen LogP contribution < -0.4 is 15.2 Å². The Kier molecular flexibility index (Phi) is 4.94. The number of nitrogens with two attached hydrogens (primary N) is 1. The van der Waals surface area contributed by atoms with Crippen molar-refractivity contribution in [2.75, 3.05) is 13.7 Å². The van der Waals surface area contributed by atoms with Gasteiger partial charge in [0.15, 0.2) is 11.5 Å². The van der Waals surface area contributed by atoms with Gasteiger partial charge in [-0.2, -0.15) is 0 Å². The maximum absolute atomic E-state index is 6.11. The predicted octanol–water partition coefficient (Wildman–Crippen LogP) is 3.42. The molecule has 106 valence electrons. The third kappa shape index (κ3) is 3.77. The minimum Gasteiger partial charge on any atom is -0.493 e. The largest absolute Gasteiger partial charge is 0.493 e. The summed E-state index contributed by atoms with van der Waals surface area (Å²) in [6.07, 6.45) is 4.58. The van der Waals surface area contributed by atoms with E-state index in [0.29, 0.717) is 16.7 Å². The lowest BCUT2D eigenvalue weighted by Gasteiger charge is -2.26. The highest BCUT2D eigenvalue weighted by Crippen LogP contribution is 2.37. The average molecular weight is 284 g/mol. The molecule has 1 fully saturated rings. The van der Waals surface area contributed by atoms with Crippen LogP contribution in [0, 0.1) is 5.92 Å². The molecule has 1 saturated carbocycles. The predicted molar refractivity (Wildman–Crippen MR) is 78.2 cm³/mol. The van der Waals surface area contributed by atoms with Crippen LogP contribution in [0.3, 0.4) is 0 Å². The summed E-state index contributed by atoms with van der Waals surface area (Å²) < 4.78 is 11.4. The molecule has 0 heterocycles. The molecule has 0 spiro atoms.